The standard InChI is InChI=1S/C17H26N4/c1-3-21-16-10-6-4-8-13(16)15(19-21)12-20(2)17-11-7-5-9-14(17)18/h4,6,8,10,14,17H,3,5,7,9,11-12,18H2,1-2H3. The number of aromatic nitrogens is 2. The molecule has 2 unspecified atom stereocenters. The average Bonchev–Trinajstić information content (AvgIpc) is 2.86. The molecule has 1 aromatic heterocycles. The minimum atomic E-state index is 0.309. The third-order valence-corrected chi connectivity index (χ3v) is 4.78. The number of hydrogen-bond donors (Lipinski definition) is 1. The van der Waals surface area contributed by atoms with E-state index in [4.69, 9.17) is 10.8 Å². The van der Waals surface area contributed by atoms with Crippen molar-refractivity contribution in [3.63, 3.8) is 0 Å². The SMILES string of the molecule is CCn1nc(CN(C)C2CCCCC2N)c2ccccc21. The van der Waals surface area contributed by atoms with E-state index in [1.165, 1.54) is 35.9 Å². The van der Waals surface area contributed by atoms with Gasteiger partial charge in [0.2, 0.25) is 0 Å². The van der Waals surface area contributed by atoms with E-state index in [0.717, 1.165) is 19.5 Å². The third-order valence-electron chi connectivity index (χ3n) is 4.78. The highest BCUT2D eigenvalue weighted by Crippen LogP contribution is 2.24. The number of likely N-dealkylation sites (N-methyl/N-ethyl adjacent to an activating group) is 1. The fourth-order valence-corrected chi connectivity index (χ4v) is 3.59. The molecule has 1 aromatic carbocycles. The molecule has 4 heteroatoms. The van der Waals surface area contributed by atoms with Gasteiger partial charge in [0.05, 0.1) is 11.2 Å². The molecule has 1 fully saturated rings. The fourth-order valence-electron chi connectivity index (χ4n) is 3.59. The van der Waals surface area contributed by atoms with Crippen LogP contribution < -0.4 is 5.73 Å². The largest absolute Gasteiger partial charge is 0.326 e. The van der Waals surface area contributed by atoms with E-state index in [-0.39, 0.29) is 0 Å². The van der Waals surface area contributed by atoms with Gasteiger partial charge in [0.25, 0.3) is 0 Å². The molecule has 0 saturated heterocycles. The molecule has 0 amide bonds. The van der Waals surface area contributed by atoms with E-state index in [9.17, 15) is 0 Å². The number of benzene rings is 1. The van der Waals surface area contributed by atoms with Crippen molar-refractivity contribution in [2.45, 2.75) is 57.8 Å². The molecule has 2 atom stereocenters. The summed E-state index contributed by atoms with van der Waals surface area (Å²) in [5.74, 6) is 0. The highest BCUT2D eigenvalue weighted by Gasteiger charge is 2.26. The summed E-state index contributed by atoms with van der Waals surface area (Å²) in [6.45, 7) is 3.93. The van der Waals surface area contributed by atoms with E-state index in [1.807, 2.05) is 0 Å². The first kappa shape index (κ1) is 14.5. The lowest BCUT2D eigenvalue weighted by molar-refractivity contribution is 0.161. The Morgan fingerprint density at radius 1 is 1.29 bits per heavy atom. The maximum atomic E-state index is 6.31. The molecule has 0 bridgehead atoms. The minimum absolute atomic E-state index is 0.309. The Bertz CT molecular complexity index is 604. The predicted molar refractivity (Wildman–Crippen MR) is 87.1 cm³/mol. The molecule has 0 radical (unpaired) electrons. The summed E-state index contributed by atoms with van der Waals surface area (Å²) in [4.78, 5) is 2.40. The van der Waals surface area contributed by atoms with Crippen molar-refractivity contribution in [1.29, 1.82) is 0 Å². The van der Waals surface area contributed by atoms with Crippen LogP contribution in [0.1, 0.15) is 38.3 Å². The Balaban J connectivity index is 1.84. The topological polar surface area (TPSA) is 47.1 Å². The number of fused-ring (bicyclic) bond motifs is 1. The molecular weight excluding hydrogens is 260 g/mol. The highest BCUT2D eigenvalue weighted by atomic mass is 15.3. The van der Waals surface area contributed by atoms with Crippen LogP contribution in [0, 0.1) is 0 Å². The number of nitrogens with zero attached hydrogens (tertiary/aromatic N) is 3. The molecule has 0 aliphatic heterocycles. The van der Waals surface area contributed by atoms with Crippen molar-refractivity contribution in [2.24, 2.45) is 5.73 Å². The second kappa shape index (κ2) is 6.16. The monoisotopic (exact) mass is 286 g/mol. The van der Waals surface area contributed by atoms with Crippen molar-refractivity contribution < 1.29 is 0 Å². The van der Waals surface area contributed by atoms with Crippen LogP contribution in [-0.2, 0) is 13.1 Å². The van der Waals surface area contributed by atoms with Crippen LogP contribution in [0.5, 0.6) is 0 Å². The van der Waals surface area contributed by atoms with E-state index in [0.29, 0.717) is 12.1 Å². The van der Waals surface area contributed by atoms with Crippen LogP contribution in [0.15, 0.2) is 24.3 Å². The van der Waals surface area contributed by atoms with Crippen molar-refractivity contribution in [3.05, 3.63) is 30.0 Å². The lowest BCUT2D eigenvalue weighted by Crippen LogP contribution is -2.47. The number of aryl methyl sites for hydroxylation is 1. The number of nitrogens with two attached hydrogens (primary N) is 1. The Morgan fingerprint density at radius 2 is 2.05 bits per heavy atom. The first-order valence-electron chi connectivity index (χ1n) is 8.11. The van der Waals surface area contributed by atoms with Crippen molar-refractivity contribution in [1.82, 2.24) is 14.7 Å². The van der Waals surface area contributed by atoms with Gasteiger partial charge in [-0.1, -0.05) is 31.0 Å². The van der Waals surface area contributed by atoms with Crippen LogP contribution in [-0.4, -0.2) is 33.8 Å². The summed E-state index contributed by atoms with van der Waals surface area (Å²) in [7, 11) is 2.19. The third kappa shape index (κ3) is 2.83. The second-order valence-electron chi connectivity index (χ2n) is 6.21. The first-order valence-corrected chi connectivity index (χ1v) is 8.11. The van der Waals surface area contributed by atoms with Gasteiger partial charge < -0.3 is 5.73 Å². The van der Waals surface area contributed by atoms with Crippen LogP contribution in [0.2, 0.25) is 0 Å². The van der Waals surface area contributed by atoms with Gasteiger partial charge in [0.15, 0.2) is 0 Å². The van der Waals surface area contributed by atoms with Gasteiger partial charge in [-0.05, 0) is 32.9 Å². The van der Waals surface area contributed by atoms with Crippen molar-refractivity contribution >= 4 is 10.9 Å². The fraction of sp³-hybridized carbons (Fsp3) is 0.588. The van der Waals surface area contributed by atoms with Crippen LogP contribution in [0.25, 0.3) is 10.9 Å². The molecule has 1 saturated carbocycles. The average molecular weight is 286 g/mol. The second-order valence-corrected chi connectivity index (χ2v) is 6.21. The highest BCUT2D eigenvalue weighted by molar-refractivity contribution is 5.81. The Kier molecular flexibility index (Phi) is 4.27. The molecule has 1 heterocycles. The van der Waals surface area contributed by atoms with Crippen LogP contribution >= 0.6 is 0 Å². The molecule has 2 aromatic rings. The molecular formula is C17H26N4. The van der Waals surface area contributed by atoms with E-state index in [2.05, 4.69) is 47.8 Å². The molecule has 0 spiro atoms. The predicted octanol–water partition coefficient (Wildman–Crippen LogP) is 2.76. The molecule has 114 valence electrons. The summed E-state index contributed by atoms with van der Waals surface area (Å²) in [5, 5.41) is 6.08. The zero-order valence-electron chi connectivity index (χ0n) is 13.1. The molecule has 1 aliphatic carbocycles. The number of hydrogen-bond acceptors (Lipinski definition) is 3. The molecule has 3 rings (SSSR count). The van der Waals surface area contributed by atoms with Gasteiger partial charge in [0.1, 0.15) is 0 Å². The van der Waals surface area contributed by atoms with Gasteiger partial charge in [0, 0.05) is 30.6 Å². The van der Waals surface area contributed by atoms with Crippen LogP contribution in [0.4, 0.5) is 0 Å². The maximum Gasteiger partial charge on any atom is 0.0843 e. The molecule has 21 heavy (non-hydrogen) atoms. The lowest BCUT2D eigenvalue weighted by atomic mass is 9.90. The zero-order chi connectivity index (χ0) is 14.8. The van der Waals surface area contributed by atoms with Gasteiger partial charge in [-0.15, -0.1) is 0 Å². The summed E-state index contributed by atoms with van der Waals surface area (Å²) < 4.78 is 2.10. The Labute approximate surface area is 126 Å². The van der Waals surface area contributed by atoms with Crippen molar-refractivity contribution in [2.75, 3.05) is 7.05 Å². The summed E-state index contributed by atoms with van der Waals surface area (Å²) in [5.41, 5.74) is 8.72. The number of para-hydroxylation sites is 1. The zero-order valence-corrected chi connectivity index (χ0v) is 13.1. The molecule has 4 nitrogen and oxygen atoms in total. The van der Waals surface area contributed by atoms with E-state index in [1.54, 1.807) is 0 Å². The smallest absolute Gasteiger partial charge is 0.0843 e. The van der Waals surface area contributed by atoms with Crippen molar-refractivity contribution in [3.8, 4) is 0 Å². The van der Waals surface area contributed by atoms with Gasteiger partial charge in [-0.25, -0.2) is 0 Å². The summed E-state index contributed by atoms with van der Waals surface area (Å²) in [6.07, 6.45) is 4.94. The Morgan fingerprint density at radius 3 is 2.81 bits per heavy atom. The normalized spacial score (nSPS) is 23.0. The molecule has 1 aliphatic rings. The van der Waals surface area contributed by atoms with Gasteiger partial charge in [-0.3, -0.25) is 9.58 Å². The molecule has 2 N–H and O–H groups in total. The number of rotatable bonds is 4. The maximum absolute atomic E-state index is 6.31. The van der Waals surface area contributed by atoms with Gasteiger partial charge >= 0.3 is 0 Å². The lowest BCUT2D eigenvalue weighted by Gasteiger charge is -2.35. The quantitative estimate of drug-likeness (QED) is 0.940. The first-order chi connectivity index (χ1) is 10.2. The summed E-state index contributed by atoms with van der Waals surface area (Å²) >= 11 is 0. The summed E-state index contributed by atoms with van der Waals surface area (Å²) in [6, 6.07) is 9.31. The van der Waals surface area contributed by atoms with Crippen LogP contribution in [0.3, 0.4) is 0 Å². The van der Waals surface area contributed by atoms with E-state index >= 15 is 0 Å². The Hall–Kier alpha value is -1.39. The van der Waals surface area contributed by atoms with Gasteiger partial charge in [-0.2, -0.15) is 5.10 Å². The van der Waals surface area contributed by atoms with E-state index < -0.39 is 0 Å². The minimum Gasteiger partial charge on any atom is -0.326 e.